The average molecular weight is 275 g/mol. The number of pyridine rings is 1. The highest BCUT2D eigenvalue weighted by Crippen LogP contribution is 2.35. The van der Waals surface area contributed by atoms with Gasteiger partial charge in [-0.05, 0) is 17.5 Å². The van der Waals surface area contributed by atoms with Crippen molar-refractivity contribution in [3.63, 3.8) is 0 Å². The van der Waals surface area contributed by atoms with E-state index in [2.05, 4.69) is 16.3 Å². The molecule has 6 heteroatoms. The van der Waals surface area contributed by atoms with E-state index >= 15 is 0 Å². The number of rotatable bonds is 0. The fourth-order valence-electron chi connectivity index (χ4n) is 0.615. The molecule has 0 saturated carbocycles. The van der Waals surface area contributed by atoms with Gasteiger partial charge < -0.3 is 0 Å². The van der Waals surface area contributed by atoms with E-state index in [4.69, 9.17) is 58.0 Å². The number of halogens is 5. The van der Waals surface area contributed by atoms with Crippen LogP contribution < -0.4 is 0 Å². The van der Waals surface area contributed by atoms with Crippen LogP contribution in [0.25, 0.3) is 0 Å². The highest BCUT2D eigenvalue weighted by molar-refractivity contribution is 6.51. The van der Waals surface area contributed by atoms with Gasteiger partial charge in [0.1, 0.15) is 5.69 Å². The van der Waals surface area contributed by atoms with Crippen LogP contribution in [0.1, 0.15) is 5.69 Å². The molecule has 1 heterocycles. The quantitative estimate of drug-likeness (QED) is 0.509. The van der Waals surface area contributed by atoms with Crippen LogP contribution in [-0.4, -0.2) is 4.98 Å². The molecule has 0 spiro atoms. The van der Waals surface area contributed by atoms with Crippen molar-refractivity contribution in [2.75, 3.05) is 0 Å². The predicted molar refractivity (Wildman–Crippen MR) is 57.0 cm³/mol. The first kappa shape index (κ1) is 11.2. The summed E-state index contributed by atoms with van der Waals surface area (Å²) in [6.45, 7) is 0. The molecule has 0 fully saturated rings. The largest absolute Gasteiger partial charge is 0.224 e. The molecule has 0 amide bonds. The van der Waals surface area contributed by atoms with Gasteiger partial charge in [-0.2, -0.15) is 0 Å². The molecule has 0 unspecified atom stereocenters. The maximum Gasteiger partial charge on any atom is 0.150 e. The highest BCUT2D eigenvalue weighted by atomic mass is 35.5. The predicted octanol–water partition coefficient (Wildman–Crippen LogP) is 4.24. The van der Waals surface area contributed by atoms with Crippen molar-refractivity contribution >= 4 is 58.0 Å². The second kappa shape index (κ2) is 4.59. The Hall–Kier alpha value is 0.160. The Bertz CT molecular complexity index is 404. The lowest BCUT2D eigenvalue weighted by molar-refractivity contribution is 1.29. The minimum atomic E-state index is 0.0467. The Morgan fingerprint density at radius 2 is 1.54 bits per heavy atom. The van der Waals surface area contributed by atoms with Crippen LogP contribution in [0.3, 0.4) is 0 Å². The summed E-state index contributed by atoms with van der Waals surface area (Å²) in [6, 6.07) is 0. The van der Waals surface area contributed by atoms with Gasteiger partial charge in [0.15, 0.2) is 5.15 Å². The van der Waals surface area contributed by atoms with Crippen molar-refractivity contribution in [2.45, 2.75) is 0 Å². The standard InChI is InChI=1S/C7Cl5N/c8-2-1-3-4(9)5(10)6(11)7(12)13-3. The van der Waals surface area contributed by atoms with E-state index in [0.717, 1.165) is 0 Å². The molecular weight excluding hydrogens is 275 g/mol. The van der Waals surface area contributed by atoms with Gasteiger partial charge in [0.25, 0.3) is 0 Å². The van der Waals surface area contributed by atoms with Gasteiger partial charge in [0.2, 0.25) is 0 Å². The second-order valence-electron chi connectivity index (χ2n) is 1.91. The Labute approximate surface area is 99.9 Å². The van der Waals surface area contributed by atoms with Crippen LogP contribution in [0.5, 0.6) is 0 Å². The third-order valence-corrected chi connectivity index (χ3v) is 2.92. The molecule has 13 heavy (non-hydrogen) atoms. The molecule has 0 aromatic carbocycles. The highest BCUT2D eigenvalue weighted by Gasteiger charge is 2.13. The van der Waals surface area contributed by atoms with Gasteiger partial charge >= 0.3 is 0 Å². The summed E-state index contributed by atoms with van der Waals surface area (Å²) in [5.41, 5.74) is 0.205. The minimum Gasteiger partial charge on any atom is -0.224 e. The minimum absolute atomic E-state index is 0.0467. The van der Waals surface area contributed by atoms with Crippen molar-refractivity contribution in [3.05, 3.63) is 25.9 Å². The van der Waals surface area contributed by atoms with E-state index in [1.54, 1.807) is 0 Å². The lowest BCUT2D eigenvalue weighted by Gasteiger charge is -2.02. The molecule has 0 atom stereocenters. The van der Waals surface area contributed by atoms with E-state index in [-0.39, 0.29) is 25.9 Å². The molecule has 0 aliphatic rings. The van der Waals surface area contributed by atoms with Gasteiger partial charge in [0, 0.05) is 5.38 Å². The molecule has 1 aromatic heterocycles. The van der Waals surface area contributed by atoms with Gasteiger partial charge in [-0.25, -0.2) is 4.98 Å². The van der Waals surface area contributed by atoms with Crippen molar-refractivity contribution < 1.29 is 0 Å². The summed E-state index contributed by atoms with van der Waals surface area (Å²) in [4.78, 5) is 3.78. The number of hydrogen-bond acceptors (Lipinski definition) is 1. The lowest BCUT2D eigenvalue weighted by atomic mass is 10.3. The van der Waals surface area contributed by atoms with E-state index in [9.17, 15) is 0 Å². The topological polar surface area (TPSA) is 12.9 Å². The van der Waals surface area contributed by atoms with Crippen LogP contribution in [0.15, 0.2) is 0 Å². The average Bonchev–Trinajstić information content (AvgIpc) is 2.11. The van der Waals surface area contributed by atoms with Gasteiger partial charge in [0.05, 0.1) is 15.1 Å². The zero-order valence-electron chi connectivity index (χ0n) is 5.84. The van der Waals surface area contributed by atoms with E-state index < -0.39 is 0 Å². The van der Waals surface area contributed by atoms with Crippen molar-refractivity contribution in [1.82, 2.24) is 4.98 Å². The van der Waals surface area contributed by atoms with Crippen LogP contribution in [0, 0.1) is 11.3 Å². The van der Waals surface area contributed by atoms with Crippen LogP contribution in [0.2, 0.25) is 20.2 Å². The maximum absolute atomic E-state index is 5.75. The lowest BCUT2D eigenvalue weighted by Crippen LogP contribution is -1.88. The Kier molecular flexibility index (Phi) is 3.97. The van der Waals surface area contributed by atoms with Crippen LogP contribution >= 0.6 is 58.0 Å². The van der Waals surface area contributed by atoms with E-state index in [1.807, 2.05) is 0 Å². The summed E-state index contributed by atoms with van der Waals surface area (Å²) < 4.78 is 0. The fraction of sp³-hybridized carbons (Fsp3) is 0. The zero-order valence-corrected chi connectivity index (χ0v) is 9.62. The fourth-order valence-corrected chi connectivity index (χ4v) is 1.48. The molecule has 68 valence electrons. The van der Waals surface area contributed by atoms with E-state index in [1.165, 1.54) is 0 Å². The summed E-state index contributed by atoms with van der Waals surface area (Å²) >= 11 is 27.9. The molecule has 0 bridgehead atoms. The molecule has 1 nitrogen and oxygen atoms in total. The van der Waals surface area contributed by atoms with Gasteiger partial charge in [-0.1, -0.05) is 46.4 Å². The monoisotopic (exact) mass is 273 g/mol. The van der Waals surface area contributed by atoms with Gasteiger partial charge in [-0.15, -0.1) is 0 Å². The third-order valence-electron chi connectivity index (χ3n) is 1.15. The third kappa shape index (κ3) is 2.34. The molecule has 0 N–H and O–H groups in total. The summed E-state index contributed by atoms with van der Waals surface area (Å²) in [5.74, 6) is 2.43. The molecule has 0 radical (unpaired) electrons. The normalized spacial score (nSPS) is 9.31. The van der Waals surface area contributed by atoms with Crippen LogP contribution in [-0.2, 0) is 0 Å². The molecule has 1 aromatic rings. The SMILES string of the molecule is ClC#Cc1nc(Cl)c(Cl)c(Cl)c1Cl. The summed E-state index contributed by atoms with van der Waals surface area (Å²) in [6.07, 6.45) is 0. The van der Waals surface area contributed by atoms with Crippen molar-refractivity contribution in [3.8, 4) is 11.3 Å². The summed E-state index contributed by atoms with van der Waals surface area (Å²) in [5, 5.41) is 2.53. The van der Waals surface area contributed by atoms with E-state index in [0.29, 0.717) is 0 Å². The van der Waals surface area contributed by atoms with Crippen LogP contribution in [0.4, 0.5) is 0 Å². The van der Waals surface area contributed by atoms with Gasteiger partial charge in [-0.3, -0.25) is 0 Å². The molecule has 1 rings (SSSR count). The van der Waals surface area contributed by atoms with Crippen molar-refractivity contribution in [2.24, 2.45) is 0 Å². The first-order valence-electron chi connectivity index (χ1n) is 2.89. The summed E-state index contributed by atoms with van der Waals surface area (Å²) in [7, 11) is 0. The number of hydrogen-bond donors (Lipinski definition) is 0. The molecular formula is C7Cl5N. The zero-order chi connectivity index (χ0) is 10.0. The number of nitrogens with zero attached hydrogens (tertiary/aromatic N) is 1. The Morgan fingerprint density at radius 3 is 2.08 bits per heavy atom. The second-order valence-corrected chi connectivity index (χ2v) is 3.59. The first-order chi connectivity index (χ1) is 6.07. The molecule has 0 aliphatic carbocycles. The molecule has 0 saturated heterocycles. The Morgan fingerprint density at radius 1 is 0.923 bits per heavy atom. The maximum atomic E-state index is 5.75. The number of aromatic nitrogens is 1. The molecule has 0 aliphatic heterocycles. The van der Waals surface area contributed by atoms with Crippen molar-refractivity contribution in [1.29, 1.82) is 0 Å². The first-order valence-corrected chi connectivity index (χ1v) is 4.78. The smallest absolute Gasteiger partial charge is 0.150 e. The Balaban J connectivity index is 3.46.